The molecule has 2 fully saturated rings. The average Bonchev–Trinajstić information content (AvgIpc) is 3.57. The summed E-state index contributed by atoms with van der Waals surface area (Å²) < 4.78 is 29.6. The summed E-state index contributed by atoms with van der Waals surface area (Å²) in [4.78, 5) is 54.5. The lowest BCUT2D eigenvalue weighted by Crippen LogP contribution is -2.69. The number of phenols is 1. The van der Waals surface area contributed by atoms with Crippen molar-refractivity contribution in [3.05, 3.63) is 39.4 Å². The second kappa shape index (κ2) is 13.1. The van der Waals surface area contributed by atoms with Gasteiger partial charge in [-0.1, -0.05) is 6.07 Å². The highest BCUT2D eigenvalue weighted by Crippen LogP contribution is 2.64. The molecule has 0 saturated carbocycles. The van der Waals surface area contributed by atoms with Gasteiger partial charge < -0.3 is 39.2 Å². The van der Waals surface area contributed by atoms with E-state index in [4.69, 9.17) is 28.8 Å². The van der Waals surface area contributed by atoms with E-state index in [-0.39, 0.29) is 43.1 Å². The molecule has 7 rings (SSSR count). The van der Waals surface area contributed by atoms with Gasteiger partial charge in [0.15, 0.2) is 23.0 Å². The highest BCUT2D eigenvalue weighted by Gasteiger charge is 2.60. The summed E-state index contributed by atoms with van der Waals surface area (Å²) in [7, 11) is 3.42. The van der Waals surface area contributed by atoms with Crippen molar-refractivity contribution in [2.75, 3.05) is 33.3 Å². The molecule has 3 N–H and O–H groups in total. The molecule has 16 heteroatoms. The number of thioether (sulfide) groups is 1. The van der Waals surface area contributed by atoms with Crippen molar-refractivity contribution in [1.82, 2.24) is 15.1 Å². The van der Waals surface area contributed by atoms with E-state index in [1.807, 2.05) is 20.0 Å². The summed E-state index contributed by atoms with van der Waals surface area (Å²) >= 11 is 1.30. The van der Waals surface area contributed by atoms with Crippen LogP contribution in [0.2, 0.25) is 0 Å². The lowest BCUT2D eigenvalue weighted by atomic mass is 9.71. The number of fused-ring (bicyclic) bond motifs is 9. The smallest absolute Gasteiger partial charge is 0.329 e. The molecule has 0 aromatic heterocycles. The Kier molecular flexibility index (Phi) is 8.93. The van der Waals surface area contributed by atoms with Crippen LogP contribution in [0.1, 0.15) is 70.5 Å². The summed E-state index contributed by atoms with van der Waals surface area (Å²) in [5.41, 5.74) is 3.99. The van der Waals surface area contributed by atoms with Crippen molar-refractivity contribution < 1.29 is 53.1 Å². The standard InChI is InChI=1S/C35H38N4O11S/c1-14-8-17-9-19-20(10-36)39-21-11-47-35(45)18(37-22(41)6-7-23(42)43)12-51-34(28(39)27(38(19)4)24(17)29(44)30(14)46-5)26-25(21)33-32(48-13-49-33)15(2)31(26)50-16(3)40/h8,18-21,27-28,34,44H,6-7,9,11-13H2,1-5H3,(H,37,41)(H,42,43)/t18-,19+,20-,21+,27+,28?,34+/m0/s1. The van der Waals surface area contributed by atoms with Crippen LogP contribution < -0.4 is 24.3 Å². The van der Waals surface area contributed by atoms with Crippen LogP contribution in [0.3, 0.4) is 0 Å². The zero-order valence-corrected chi connectivity index (χ0v) is 29.5. The van der Waals surface area contributed by atoms with E-state index in [0.717, 1.165) is 11.1 Å². The normalized spacial score (nSPS) is 27.6. The van der Waals surface area contributed by atoms with Crippen molar-refractivity contribution in [2.24, 2.45) is 0 Å². The maximum atomic E-state index is 13.6. The Hall–Kier alpha value is -4.72. The Morgan fingerprint density at radius 3 is 2.55 bits per heavy atom. The molecule has 2 aromatic rings. The Morgan fingerprint density at radius 2 is 1.86 bits per heavy atom. The predicted molar refractivity (Wildman–Crippen MR) is 179 cm³/mol. The number of ether oxygens (including phenoxy) is 5. The summed E-state index contributed by atoms with van der Waals surface area (Å²) in [6.07, 6.45) is -0.289. The summed E-state index contributed by atoms with van der Waals surface area (Å²) in [5, 5.41) is 33.9. The number of nitrogens with one attached hydrogen (secondary N) is 1. The maximum absolute atomic E-state index is 13.6. The number of aromatic hydroxyl groups is 1. The molecule has 0 spiro atoms. The Morgan fingerprint density at radius 1 is 1.12 bits per heavy atom. The number of likely N-dealkylation sites (N-methyl/N-ethyl adjacent to an activating group) is 1. The van der Waals surface area contributed by atoms with Crippen LogP contribution in [-0.4, -0.2) is 101 Å². The Bertz CT molecular complexity index is 1900. The minimum Gasteiger partial charge on any atom is -0.504 e. The number of carbonyl (C=O) groups excluding carboxylic acids is 3. The molecule has 5 aliphatic heterocycles. The van der Waals surface area contributed by atoms with Crippen molar-refractivity contribution in [3.8, 4) is 34.8 Å². The number of carbonyl (C=O) groups is 4. The van der Waals surface area contributed by atoms with Crippen molar-refractivity contribution >= 4 is 35.6 Å². The van der Waals surface area contributed by atoms with Gasteiger partial charge in [-0.2, -0.15) is 5.26 Å². The summed E-state index contributed by atoms with van der Waals surface area (Å²) in [6.45, 7) is 4.56. The molecule has 7 atom stereocenters. The summed E-state index contributed by atoms with van der Waals surface area (Å²) in [5.74, 6) is -1.69. The number of aryl methyl sites for hydroxylation is 1. The minimum atomic E-state index is -1.15. The topological polar surface area (TPSA) is 197 Å². The third-order valence-electron chi connectivity index (χ3n) is 10.6. The number of nitriles is 1. The third kappa shape index (κ3) is 5.49. The number of phenolic OH excluding ortho intramolecular Hbond substituents is 1. The number of hydrogen-bond acceptors (Lipinski definition) is 14. The maximum Gasteiger partial charge on any atom is 0.329 e. The zero-order chi connectivity index (χ0) is 36.5. The summed E-state index contributed by atoms with van der Waals surface area (Å²) in [6, 6.07) is 0.417. The van der Waals surface area contributed by atoms with E-state index < -0.39 is 65.7 Å². The molecule has 1 unspecified atom stereocenters. The number of amides is 1. The highest BCUT2D eigenvalue weighted by molar-refractivity contribution is 7.99. The molecular formula is C35H38N4O11S. The lowest BCUT2D eigenvalue weighted by molar-refractivity contribution is -0.152. The van der Waals surface area contributed by atoms with Gasteiger partial charge in [-0.05, 0) is 38.4 Å². The Balaban J connectivity index is 1.47. The fourth-order valence-corrected chi connectivity index (χ4v) is 10.1. The fraction of sp³-hybridized carbons (Fsp3) is 0.514. The number of aliphatic carboxylic acids is 1. The van der Waals surface area contributed by atoms with Crippen molar-refractivity contribution in [1.29, 1.82) is 5.26 Å². The number of carboxylic acid groups (broad SMARTS) is 1. The molecule has 1 amide bonds. The van der Waals surface area contributed by atoms with E-state index in [0.29, 0.717) is 45.9 Å². The van der Waals surface area contributed by atoms with Crippen LogP contribution in [0.15, 0.2) is 6.07 Å². The first kappa shape index (κ1) is 34.7. The van der Waals surface area contributed by atoms with Gasteiger partial charge in [0, 0.05) is 53.4 Å². The molecule has 2 aromatic carbocycles. The number of carboxylic acids is 1. The van der Waals surface area contributed by atoms with Gasteiger partial charge >= 0.3 is 17.9 Å². The third-order valence-corrected chi connectivity index (χ3v) is 12.0. The largest absolute Gasteiger partial charge is 0.504 e. The number of rotatable bonds is 6. The molecule has 51 heavy (non-hydrogen) atoms. The quantitative estimate of drug-likeness (QED) is 0.290. The van der Waals surface area contributed by atoms with Crippen LogP contribution >= 0.6 is 11.8 Å². The van der Waals surface area contributed by atoms with Crippen LogP contribution in [-0.2, 0) is 30.3 Å². The van der Waals surface area contributed by atoms with Gasteiger partial charge in [-0.25, -0.2) is 4.79 Å². The van der Waals surface area contributed by atoms with E-state index in [9.17, 15) is 29.5 Å². The van der Waals surface area contributed by atoms with Crippen LogP contribution in [0, 0.1) is 25.2 Å². The van der Waals surface area contributed by atoms with Crippen molar-refractivity contribution in [3.63, 3.8) is 0 Å². The molecule has 0 aliphatic carbocycles. The Labute approximate surface area is 297 Å². The lowest BCUT2D eigenvalue weighted by Gasteiger charge is -2.61. The molecule has 0 radical (unpaired) electrons. The zero-order valence-electron chi connectivity index (χ0n) is 28.7. The monoisotopic (exact) mass is 722 g/mol. The van der Waals surface area contributed by atoms with E-state index in [1.165, 1.54) is 25.8 Å². The molecule has 5 heterocycles. The minimum absolute atomic E-state index is 0.00609. The number of hydrogen-bond donors (Lipinski definition) is 3. The molecule has 5 aliphatic rings. The molecule has 4 bridgehead atoms. The highest BCUT2D eigenvalue weighted by atomic mass is 32.2. The first-order valence-electron chi connectivity index (χ1n) is 16.6. The first-order valence-corrected chi connectivity index (χ1v) is 17.6. The average molecular weight is 723 g/mol. The van der Waals surface area contributed by atoms with Crippen LogP contribution in [0.5, 0.6) is 28.7 Å². The van der Waals surface area contributed by atoms with Gasteiger partial charge in [0.25, 0.3) is 0 Å². The van der Waals surface area contributed by atoms with Crippen LogP contribution in [0.25, 0.3) is 0 Å². The number of benzene rings is 2. The number of cyclic esters (lactones) is 1. The molecule has 2 saturated heterocycles. The molecular weight excluding hydrogens is 684 g/mol. The van der Waals surface area contributed by atoms with Gasteiger partial charge in [-0.3, -0.25) is 24.2 Å². The predicted octanol–water partition coefficient (Wildman–Crippen LogP) is 2.58. The molecule has 15 nitrogen and oxygen atoms in total. The number of nitrogens with zero attached hydrogens (tertiary/aromatic N) is 3. The second-order valence-corrected chi connectivity index (χ2v) is 14.6. The second-order valence-electron chi connectivity index (χ2n) is 13.4. The van der Waals surface area contributed by atoms with Gasteiger partial charge in [0.2, 0.25) is 12.7 Å². The van der Waals surface area contributed by atoms with Crippen molar-refractivity contribution in [2.45, 2.75) is 81.5 Å². The number of esters is 2. The van der Waals surface area contributed by atoms with E-state index in [1.54, 1.807) is 6.92 Å². The van der Waals surface area contributed by atoms with Gasteiger partial charge in [0.1, 0.15) is 24.4 Å². The molecule has 270 valence electrons. The van der Waals surface area contributed by atoms with E-state index >= 15 is 0 Å². The van der Waals surface area contributed by atoms with Gasteiger partial charge in [0.05, 0.1) is 36.9 Å². The first-order chi connectivity index (χ1) is 24.4. The fourth-order valence-electron chi connectivity index (χ4n) is 8.55. The van der Waals surface area contributed by atoms with Crippen LogP contribution in [0.4, 0.5) is 0 Å². The number of methoxy groups -OCH3 is 1. The van der Waals surface area contributed by atoms with Gasteiger partial charge in [-0.15, -0.1) is 11.8 Å². The number of piperazine rings is 1. The van der Waals surface area contributed by atoms with E-state index in [2.05, 4.69) is 21.2 Å². The SMILES string of the molecule is COc1c(C)cc2c(c1O)[C@@H]1C3[C@@H]4SC[C@H](NC(=O)CCC(=O)O)C(=O)OC[C@H](c5c6c(c(C)c(OC(C)=O)c54)OCO6)N3[C@@H](C#N)[C@@H](C2)N1C.